The van der Waals surface area contributed by atoms with Gasteiger partial charge >= 0.3 is 5.97 Å². The average Bonchev–Trinajstić information content (AvgIpc) is 2.86. The molecule has 3 aromatic carbocycles. The van der Waals surface area contributed by atoms with Gasteiger partial charge in [0, 0.05) is 5.02 Å². The Bertz CT molecular complexity index is 1230. The lowest BCUT2D eigenvalue weighted by Gasteiger charge is -2.14. The lowest BCUT2D eigenvalue weighted by Crippen LogP contribution is -2.33. The summed E-state index contributed by atoms with van der Waals surface area (Å²) < 4.78 is 21.5. The number of hydrogen-bond acceptors (Lipinski definition) is 7. The summed E-state index contributed by atoms with van der Waals surface area (Å²) in [5.74, 6) is 0.922. The molecule has 0 aliphatic rings. The first kappa shape index (κ1) is 25.6. The van der Waals surface area contributed by atoms with Crippen molar-refractivity contribution in [3.8, 4) is 23.0 Å². The maximum Gasteiger partial charge on any atom is 0.343 e. The summed E-state index contributed by atoms with van der Waals surface area (Å²) in [7, 11) is 3.01. The first-order chi connectivity index (χ1) is 16.8. The van der Waals surface area contributed by atoms with Crippen molar-refractivity contribution in [3.05, 3.63) is 82.4 Å². The van der Waals surface area contributed by atoms with Gasteiger partial charge in [-0.15, -0.1) is 0 Å². The number of ether oxygens (including phenoxy) is 4. The number of nitrogens with one attached hydrogen (secondary N) is 1. The van der Waals surface area contributed by atoms with Crippen molar-refractivity contribution in [3.63, 3.8) is 0 Å². The molecular weight excluding hydrogens is 472 g/mol. The zero-order chi connectivity index (χ0) is 25.4. The first-order valence-corrected chi connectivity index (χ1v) is 11.0. The van der Waals surface area contributed by atoms with Crippen LogP contribution in [-0.4, -0.2) is 38.4 Å². The van der Waals surface area contributed by atoms with Crippen LogP contribution in [0.25, 0.3) is 0 Å². The number of carbonyl (C=O) groups excluding carboxylic acids is 2. The molecule has 0 aliphatic heterocycles. The number of amides is 1. The fraction of sp³-hybridized carbons (Fsp3) is 0.192. The second-order valence-electron chi connectivity index (χ2n) is 7.43. The Morgan fingerprint density at radius 1 is 0.943 bits per heavy atom. The lowest BCUT2D eigenvalue weighted by molar-refractivity contribution is -0.127. The summed E-state index contributed by atoms with van der Waals surface area (Å²) in [6.07, 6.45) is 0.711. The Morgan fingerprint density at radius 3 is 2.29 bits per heavy atom. The van der Waals surface area contributed by atoms with Crippen LogP contribution in [0.1, 0.15) is 28.4 Å². The fourth-order valence-electron chi connectivity index (χ4n) is 3.00. The van der Waals surface area contributed by atoms with E-state index in [1.54, 1.807) is 67.6 Å². The minimum atomic E-state index is -0.759. The number of hydrazone groups is 1. The van der Waals surface area contributed by atoms with E-state index < -0.39 is 18.0 Å². The van der Waals surface area contributed by atoms with Gasteiger partial charge in [0.2, 0.25) is 0 Å². The molecule has 9 heteroatoms. The Balaban J connectivity index is 1.53. The molecule has 0 bridgehead atoms. The van der Waals surface area contributed by atoms with E-state index in [9.17, 15) is 9.59 Å². The molecule has 1 unspecified atom stereocenters. The van der Waals surface area contributed by atoms with Crippen LogP contribution in [0.5, 0.6) is 23.0 Å². The third-order valence-electron chi connectivity index (χ3n) is 4.91. The lowest BCUT2D eigenvalue weighted by atomic mass is 10.2. The van der Waals surface area contributed by atoms with E-state index in [4.69, 9.17) is 30.5 Å². The quantitative estimate of drug-likeness (QED) is 0.198. The smallest absolute Gasteiger partial charge is 0.343 e. The minimum absolute atomic E-state index is 0.320. The minimum Gasteiger partial charge on any atom is -0.493 e. The van der Waals surface area contributed by atoms with Crippen LogP contribution < -0.4 is 24.4 Å². The van der Waals surface area contributed by atoms with Crippen LogP contribution in [0.3, 0.4) is 0 Å². The molecule has 0 fully saturated rings. The molecule has 0 heterocycles. The summed E-state index contributed by atoms with van der Waals surface area (Å²) in [4.78, 5) is 24.7. The summed E-state index contributed by atoms with van der Waals surface area (Å²) >= 11 is 5.94. The van der Waals surface area contributed by atoms with Crippen molar-refractivity contribution in [1.82, 2.24) is 5.43 Å². The Hall–Kier alpha value is -4.04. The highest BCUT2D eigenvalue weighted by Crippen LogP contribution is 2.28. The number of halogens is 1. The van der Waals surface area contributed by atoms with E-state index in [-0.39, 0.29) is 0 Å². The van der Waals surface area contributed by atoms with Gasteiger partial charge in [0.05, 0.1) is 26.0 Å². The Labute approximate surface area is 208 Å². The molecule has 3 rings (SSSR count). The van der Waals surface area contributed by atoms with Crippen LogP contribution in [0.4, 0.5) is 0 Å². The van der Waals surface area contributed by atoms with E-state index in [2.05, 4.69) is 10.5 Å². The number of esters is 1. The van der Waals surface area contributed by atoms with Gasteiger partial charge in [0.15, 0.2) is 17.6 Å². The van der Waals surface area contributed by atoms with Gasteiger partial charge in [0.25, 0.3) is 5.91 Å². The van der Waals surface area contributed by atoms with Crippen LogP contribution in [-0.2, 0) is 4.79 Å². The largest absolute Gasteiger partial charge is 0.493 e. The van der Waals surface area contributed by atoms with Crippen molar-refractivity contribution in [2.24, 2.45) is 5.10 Å². The molecule has 1 N–H and O–H groups in total. The van der Waals surface area contributed by atoms with Gasteiger partial charge in [-0.1, -0.05) is 11.6 Å². The van der Waals surface area contributed by atoms with E-state index in [1.165, 1.54) is 20.4 Å². The topological polar surface area (TPSA) is 95.5 Å². The second-order valence-corrected chi connectivity index (χ2v) is 7.87. The first-order valence-electron chi connectivity index (χ1n) is 10.6. The number of rotatable bonds is 9. The second kappa shape index (κ2) is 11.9. The van der Waals surface area contributed by atoms with Crippen molar-refractivity contribution in [2.75, 3.05) is 14.2 Å². The van der Waals surface area contributed by atoms with Crippen molar-refractivity contribution in [1.29, 1.82) is 0 Å². The van der Waals surface area contributed by atoms with E-state index in [0.29, 0.717) is 39.1 Å². The van der Waals surface area contributed by atoms with Gasteiger partial charge in [0.1, 0.15) is 11.5 Å². The molecule has 3 aromatic rings. The zero-order valence-corrected chi connectivity index (χ0v) is 20.5. The monoisotopic (exact) mass is 496 g/mol. The zero-order valence-electron chi connectivity index (χ0n) is 19.7. The highest BCUT2D eigenvalue weighted by Gasteiger charge is 2.15. The van der Waals surface area contributed by atoms with Gasteiger partial charge < -0.3 is 18.9 Å². The van der Waals surface area contributed by atoms with Crippen molar-refractivity contribution >= 4 is 29.7 Å². The Morgan fingerprint density at radius 2 is 1.63 bits per heavy atom. The maximum absolute atomic E-state index is 12.4. The molecule has 35 heavy (non-hydrogen) atoms. The molecule has 1 atom stereocenters. The molecule has 182 valence electrons. The van der Waals surface area contributed by atoms with Gasteiger partial charge in [-0.3, -0.25) is 4.79 Å². The molecular formula is C26H25ClN2O6. The van der Waals surface area contributed by atoms with E-state index >= 15 is 0 Å². The fourth-order valence-corrected chi connectivity index (χ4v) is 3.23. The number of nitrogens with zero attached hydrogens (tertiary/aromatic N) is 1. The molecule has 0 radical (unpaired) electrons. The number of aryl methyl sites for hydroxylation is 1. The maximum atomic E-state index is 12.4. The summed E-state index contributed by atoms with van der Waals surface area (Å²) in [6.45, 7) is 3.47. The van der Waals surface area contributed by atoms with Crippen LogP contribution in [0.15, 0.2) is 65.8 Å². The average molecular weight is 497 g/mol. The number of carbonyl (C=O) groups is 2. The molecule has 0 aromatic heterocycles. The number of hydrogen-bond donors (Lipinski definition) is 1. The molecule has 1 amide bonds. The Kier molecular flexibility index (Phi) is 8.69. The molecule has 0 aliphatic carbocycles. The van der Waals surface area contributed by atoms with Gasteiger partial charge in [-0.2, -0.15) is 5.10 Å². The summed E-state index contributed by atoms with van der Waals surface area (Å²) in [6, 6.07) is 16.6. The van der Waals surface area contributed by atoms with Crippen molar-refractivity contribution in [2.45, 2.75) is 20.0 Å². The standard InChI is InChI=1S/C26H25ClN2O6/c1-16-13-20(27)8-12-22(16)34-17(2)25(30)29-28-15-18-5-9-21(10-6-18)35-26(31)19-7-11-23(32-3)24(14-19)33-4/h5-15,17H,1-4H3,(H,29,30). The van der Waals surface area contributed by atoms with Crippen molar-refractivity contribution < 1.29 is 28.5 Å². The van der Waals surface area contributed by atoms with Crippen LogP contribution in [0, 0.1) is 6.92 Å². The van der Waals surface area contributed by atoms with E-state index in [1.807, 2.05) is 6.92 Å². The molecule has 0 saturated carbocycles. The summed E-state index contributed by atoms with van der Waals surface area (Å²) in [5, 5.41) is 4.55. The number of benzene rings is 3. The van der Waals surface area contributed by atoms with Crippen LogP contribution >= 0.6 is 11.6 Å². The third kappa shape index (κ3) is 6.97. The predicted octanol–water partition coefficient (Wildman–Crippen LogP) is 4.80. The normalized spacial score (nSPS) is 11.6. The summed E-state index contributed by atoms with van der Waals surface area (Å²) in [5.41, 5.74) is 4.28. The highest BCUT2D eigenvalue weighted by molar-refractivity contribution is 6.30. The SMILES string of the molecule is COc1ccc(C(=O)Oc2ccc(C=NNC(=O)C(C)Oc3ccc(Cl)cc3C)cc2)cc1OC. The van der Waals surface area contributed by atoms with E-state index in [0.717, 1.165) is 5.56 Å². The third-order valence-corrected chi connectivity index (χ3v) is 5.14. The van der Waals surface area contributed by atoms with Crippen LogP contribution in [0.2, 0.25) is 5.02 Å². The molecule has 0 saturated heterocycles. The van der Waals surface area contributed by atoms with Gasteiger partial charge in [-0.05, 0) is 85.6 Å². The predicted molar refractivity (Wildman–Crippen MR) is 133 cm³/mol. The molecule has 8 nitrogen and oxygen atoms in total. The number of methoxy groups -OCH3 is 2. The molecule has 0 spiro atoms. The highest BCUT2D eigenvalue weighted by atomic mass is 35.5. The van der Waals surface area contributed by atoms with Gasteiger partial charge in [-0.25, -0.2) is 10.2 Å².